The maximum atomic E-state index is 12.6. The molecule has 0 aromatic carbocycles. The number of allylic oxidation sites excluding steroid dienone is 6. The number of hydrogen-bond donors (Lipinski definition) is 3. The molecular weight excluding hydrogens is 695 g/mol. The molecule has 0 spiro atoms. The lowest BCUT2D eigenvalue weighted by atomic mass is 10.1. The average molecular weight is 773 g/mol. The predicted octanol–water partition coefficient (Wildman–Crippen LogP) is 10.8. The van der Waals surface area contributed by atoms with Gasteiger partial charge in [-0.2, -0.15) is 0 Å². The summed E-state index contributed by atoms with van der Waals surface area (Å²) in [4.78, 5) is 34.9. The lowest BCUT2D eigenvalue weighted by molar-refractivity contribution is -0.161. The second kappa shape index (κ2) is 38.5. The van der Waals surface area contributed by atoms with Crippen LogP contribution in [0.1, 0.15) is 181 Å². The first-order valence-electron chi connectivity index (χ1n) is 20.9. The Morgan fingerprint density at radius 1 is 0.566 bits per heavy atom. The monoisotopic (exact) mass is 773 g/mol. The summed E-state index contributed by atoms with van der Waals surface area (Å²) in [5, 5.41) is 18.3. The fraction of sp³-hybridized carbons (Fsp3) is 0.810. The summed E-state index contributed by atoms with van der Waals surface area (Å²) in [6.45, 7) is 2.32. The molecular formula is C42H77O10P. The zero-order valence-corrected chi connectivity index (χ0v) is 34.4. The highest BCUT2D eigenvalue weighted by Gasteiger charge is 2.27. The normalized spacial score (nSPS) is 14.3. The molecule has 0 saturated heterocycles. The quantitative estimate of drug-likeness (QED) is 0.0238. The van der Waals surface area contributed by atoms with E-state index in [9.17, 15) is 24.2 Å². The van der Waals surface area contributed by atoms with Crippen molar-refractivity contribution in [2.45, 2.75) is 193 Å². The van der Waals surface area contributed by atoms with Crippen LogP contribution in [0.2, 0.25) is 0 Å². The molecule has 310 valence electrons. The molecule has 0 fully saturated rings. The van der Waals surface area contributed by atoms with Gasteiger partial charge in [-0.15, -0.1) is 0 Å². The highest BCUT2D eigenvalue weighted by Crippen LogP contribution is 2.43. The smallest absolute Gasteiger partial charge is 0.462 e. The Hall–Kier alpha value is -1.81. The van der Waals surface area contributed by atoms with E-state index in [1.165, 1.54) is 77.0 Å². The van der Waals surface area contributed by atoms with Gasteiger partial charge in [0.1, 0.15) is 12.7 Å². The van der Waals surface area contributed by atoms with Crippen LogP contribution in [-0.2, 0) is 32.7 Å². The van der Waals surface area contributed by atoms with Crippen LogP contribution in [0.5, 0.6) is 0 Å². The van der Waals surface area contributed by atoms with E-state index in [1.807, 2.05) is 0 Å². The molecule has 10 nitrogen and oxygen atoms in total. The maximum Gasteiger partial charge on any atom is 0.472 e. The van der Waals surface area contributed by atoms with Crippen LogP contribution >= 0.6 is 7.82 Å². The molecule has 0 aliphatic rings. The summed E-state index contributed by atoms with van der Waals surface area (Å²) in [5.74, 6) is -0.972. The van der Waals surface area contributed by atoms with Gasteiger partial charge in [0.25, 0.3) is 0 Å². The van der Waals surface area contributed by atoms with E-state index in [0.29, 0.717) is 12.8 Å². The molecule has 0 radical (unpaired) electrons. The van der Waals surface area contributed by atoms with Gasteiger partial charge in [0.15, 0.2) is 6.10 Å². The van der Waals surface area contributed by atoms with Gasteiger partial charge in [0.05, 0.1) is 19.8 Å². The first-order valence-corrected chi connectivity index (χ1v) is 22.4. The van der Waals surface area contributed by atoms with Gasteiger partial charge in [-0.25, -0.2) is 4.57 Å². The SMILES string of the molecule is CCCCCCCC/C=C/C/C=C/CCCCC(=O)OC[C@H](COP(=O)(O)OC[C@@H](O)CO)OC(=O)CCCCCCC/C=C/CCCCCCCC. The molecule has 0 aliphatic heterocycles. The number of rotatable bonds is 39. The van der Waals surface area contributed by atoms with Crippen LogP contribution < -0.4 is 0 Å². The summed E-state index contributed by atoms with van der Waals surface area (Å²) in [6, 6.07) is 0. The summed E-state index contributed by atoms with van der Waals surface area (Å²) in [7, 11) is -4.62. The third-order valence-corrected chi connectivity index (χ3v) is 9.72. The average Bonchev–Trinajstić information content (AvgIpc) is 3.14. The van der Waals surface area contributed by atoms with Crippen molar-refractivity contribution in [1.29, 1.82) is 0 Å². The number of carbonyl (C=O) groups excluding carboxylic acids is 2. The van der Waals surface area contributed by atoms with E-state index in [-0.39, 0.29) is 19.4 Å². The minimum atomic E-state index is -4.62. The molecule has 0 aromatic heterocycles. The van der Waals surface area contributed by atoms with E-state index >= 15 is 0 Å². The fourth-order valence-electron chi connectivity index (χ4n) is 5.49. The fourth-order valence-corrected chi connectivity index (χ4v) is 6.28. The summed E-state index contributed by atoms with van der Waals surface area (Å²) >= 11 is 0. The number of hydrogen-bond acceptors (Lipinski definition) is 9. The van der Waals surface area contributed by atoms with E-state index in [1.54, 1.807) is 0 Å². The Balaban J connectivity index is 4.39. The number of aliphatic hydroxyl groups is 2. The molecule has 0 amide bonds. The standard InChI is InChI=1S/C42H77O10P/c1-3-5-7-9-11-13-15-17-19-21-23-25-27-29-31-33-41(45)49-37-40(38-51-53(47,48)50-36-39(44)35-43)52-42(46)34-32-30-28-26-24-22-20-18-16-14-12-10-8-6-4-2/h17-20,23,25,39-40,43-44H,3-16,21-22,24,26-38H2,1-2H3,(H,47,48)/b19-17+,20-18+,25-23+/t39-,40+/m0/s1. The molecule has 0 heterocycles. The number of carbonyl (C=O) groups is 2. The Bertz CT molecular complexity index is 983. The van der Waals surface area contributed by atoms with Crippen molar-refractivity contribution in [1.82, 2.24) is 0 Å². The van der Waals surface area contributed by atoms with E-state index in [0.717, 1.165) is 64.2 Å². The molecule has 3 N–H and O–H groups in total. The van der Waals surface area contributed by atoms with Crippen molar-refractivity contribution >= 4 is 19.8 Å². The number of aliphatic hydroxyl groups excluding tert-OH is 2. The molecule has 0 saturated carbocycles. The molecule has 11 heteroatoms. The number of unbranched alkanes of at least 4 members (excludes halogenated alkanes) is 19. The van der Waals surface area contributed by atoms with Crippen LogP contribution in [-0.4, -0.2) is 65.7 Å². The van der Waals surface area contributed by atoms with Gasteiger partial charge in [-0.3, -0.25) is 18.6 Å². The number of esters is 2. The Kier molecular flexibility index (Phi) is 37.2. The van der Waals surface area contributed by atoms with Crippen LogP contribution in [0.25, 0.3) is 0 Å². The van der Waals surface area contributed by atoms with Gasteiger partial charge in [0, 0.05) is 12.8 Å². The first-order chi connectivity index (χ1) is 25.7. The highest BCUT2D eigenvalue weighted by atomic mass is 31.2. The van der Waals surface area contributed by atoms with Crippen molar-refractivity contribution in [3.05, 3.63) is 36.5 Å². The van der Waals surface area contributed by atoms with E-state index in [4.69, 9.17) is 19.1 Å². The summed E-state index contributed by atoms with van der Waals surface area (Å²) in [6.07, 6.45) is 38.3. The minimum Gasteiger partial charge on any atom is -0.462 e. The zero-order chi connectivity index (χ0) is 39.1. The van der Waals surface area contributed by atoms with E-state index in [2.05, 4.69) is 54.8 Å². The van der Waals surface area contributed by atoms with Crippen LogP contribution in [0.15, 0.2) is 36.5 Å². The van der Waals surface area contributed by atoms with Crippen molar-refractivity contribution in [2.75, 3.05) is 26.4 Å². The molecule has 0 aromatic rings. The molecule has 1 unspecified atom stereocenters. The minimum absolute atomic E-state index is 0.168. The Labute approximate surface area is 322 Å². The molecule has 53 heavy (non-hydrogen) atoms. The summed E-state index contributed by atoms with van der Waals surface area (Å²) < 4.78 is 32.6. The zero-order valence-electron chi connectivity index (χ0n) is 33.5. The second-order valence-corrected chi connectivity index (χ2v) is 15.5. The number of ether oxygens (including phenoxy) is 2. The van der Waals surface area contributed by atoms with Gasteiger partial charge in [-0.05, 0) is 70.6 Å². The van der Waals surface area contributed by atoms with Crippen LogP contribution in [0.3, 0.4) is 0 Å². The van der Waals surface area contributed by atoms with Gasteiger partial charge in [-0.1, -0.05) is 134 Å². The van der Waals surface area contributed by atoms with E-state index < -0.39 is 51.8 Å². The van der Waals surface area contributed by atoms with Gasteiger partial charge >= 0.3 is 19.8 Å². The molecule has 0 rings (SSSR count). The Morgan fingerprint density at radius 2 is 0.981 bits per heavy atom. The van der Waals surface area contributed by atoms with Gasteiger partial charge in [0.2, 0.25) is 0 Å². The highest BCUT2D eigenvalue weighted by molar-refractivity contribution is 7.47. The van der Waals surface area contributed by atoms with Crippen molar-refractivity contribution in [2.24, 2.45) is 0 Å². The lowest BCUT2D eigenvalue weighted by Crippen LogP contribution is -2.29. The van der Waals surface area contributed by atoms with Crippen molar-refractivity contribution in [3.8, 4) is 0 Å². The third-order valence-electron chi connectivity index (χ3n) is 8.77. The maximum absolute atomic E-state index is 12.6. The second-order valence-electron chi connectivity index (χ2n) is 14.0. The van der Waals surface area contributed by atoms with Gasteiger partial charge < -0.3 is 24.6 Å². The molecule has 0 bridgehead atoms. The number of phosphoric ester groups is 1. The van der Waals surface area contributed by atoms with Crippen LogP contribution in [0, 0.1) is 0 Å². The predicted molar refractivity (Wildman–Crippen MR) is 214 cm³/mol. The topological polar surface area (TPSA) is 149 Å². The lowest BCUT2D eigenvalue weighted by Gasteiger charge is -2.20. The van der Waals surface area contributed by atoms with Crippen molar-refractivity contribution < 1.29 is 47.8 Å². The number of phosphoric acid groups is 1. The first kappa shape index (κ1) is 51.2. The van der Waals surface area contributed by atoms with Crippen molar-refractivity contribution in [3.63, 3.8) is 0 Å². The molecule has 3 atom stereocenters. The third kappa shape index (κ3) is 38.3. The molecule has 0 aliphatic carbocycles. The van der Waals surface area contributed by atoms with Crippen LogP contribution in [0.4, 0.5) is 0 Å². The summed E-state index contributed by atoms with van der Waals surface area (Å²) in [5.41, 5.74) is 0. The largest absolute Gasteiger partial charge is 0.472 e. The Morgan fingerprint density at radius 3 is 1.51 bits per heavy atom.